The first-order chi connectivity index (χ1) is 11.0. The van der Waals surface area contributed by atoms with Gasteiger partial charge in [0.25, 0.3) is 5.56 Å². The van der Waals surface area contributed by atoms with E-state index >= 15 is 0 Å². The summed E-state index contributed by atoms with van der Waals surface area (Å²) in [4.78, 5) is 17.1. The van der Waals surface area contributed by atoms with E-state index in [1.807, 2.05) is 0 Å². The third-order valence-corrected chi connectivity index (χ3v) is 6.70. The Labute approximate surface area is 139 Å². The number of aryl methyl sites for hydroxylation is 1. The number of thiazole rings is 1. The highest BCUT2D eigenvalue weighted by atomic mass is 32.2. The van der Waals surface area contributed by atoms with Crippen molar-refractivity contribution in [3.8, 4) is 0 Å². The molecular formula is C15H21N3O3S2. The van der Waals surface area contributed by atoms with Crippen LogP contribution in [-0.2, 0) is 10.0 Å². The van der Waals surface area contributed by atoms with Crippen LogP contribution in [0.1, 0.15) is 50.6 Å². The number of hydrogen-bond acceptors (Lipinski definition) is 5. The van der Waals surface area contributed by atoms with Crippen LogP contribution in [0, 0.1) is 6.92 Å². The molecule has 0 bridgehead atoms. The highest BCUT2D eigenvalue weighted by Crippen LogP contribution is 2.20. The second-order valence-electron chi connectivity index (χ2n) is 6.05. The van der Waals surface area contributed by atoms with Crippen molar-refractivity contribution in [2.75, 3.05) is 0 Å². The molecule has 126 valence electrons. The molecule has 1 aliphatic carbocycles. The van der Waals surface area contributed by atoms with E-state index in [-0.39, 0.29) is 16.6 Å². The van der Waals surface area contributed by atoms with Crippen molar-refractivity contribution >= 4 is 26.3 Å². The van der Waals surface area contributed by atoms with Gasteiger partial charge in [-0.25, -0.2) is 18.1 Å². The Morgan fingerprint density at radius 2 is 1.87 bits per heavy atom. The zero-order valence-electron chi connectivity index (χ0n) is 13.1. The summed E-state index contributed by atoms with van der Waals surface area (Å²) in [5.74, 6) is 0. The van der Waals surface area contributed by atoms with Gasteiger partial charge in [0, 0.05) is 17.6 Å². The Morgan fingerprint density at radius 3 is 2.57 bits per heavy atom. The van der Waals surface area contributed by atoms with Crippen molar-refractivity contribution in [3.05, 3.63) is 27.6 Å². The average Bonchev–Trinajstić information content (AvgIpc) is 2.89. The van der Waals surface area contributed by atoms with Crippen molar-refractivity contribution in [2.45, 2.75) is 62.8 Å². The zero-order valence-corrected chi connectivity index (χ0v) is 14.8. The van der Waals surface area contributed by atoms with Gasteiger partial charge in [-0.3, -0.25) is 9.20 Å². The molecule has 1 fully saturated rings. The smallest absolute Gasteiger partial charge is 0.267 e. The van der Waals surface area contributed by atoms with Gasteiger partial charge in [0.1, 0.15) is 0 Å². The number of nitrogens with one attached hydrogen (secondary N) is 1. The quantitative estimate of drug-likeness (QED) is 0.917. The Morgan fingerprint density at radius 1 is 1.22 bits per heavy atom. The summed E-state index contributed by atoms with van der Waals surface area (Å²) in [5, 5.41) is 1.72. The van der Waals surface area contributed by atoms with E-state index in [1.165, 1.54) is 22.2 Å². The number of nitrogens with zero attached hydrogens (tertiary/aromatic N) is 2. The van der Waals surface area contributed by atoms with Crippen molar-refractivity contribution < 1.29 is 8.42 Å². The van der Waals surface area contributed by atoms with Crippen LogP contribution >= 0.6 is 11.3 Å². The summed E-state index contributed by atoms with van der Waals surface area (Å²) in [6.07, 6.45) is 8.76. The SMILES string of the molecule is Cc1nc2sccn2c(=O)c1S(=O)(=O)NC1CCCCCCC1. The fourth-order valence-corrected chi connectivity index (χ4v) is 5.43. The number of rotatable bonds is 3. The average molecular weight is 355 g/mol. The molecule has 1 saturated carbocycles. The minimum absolute atomic E-state index is 0.0951. The Hall–Kier alpha value is -1.25. The first-order valence-corrected chi connectivity index (χ1v) is 10.3. The van der Waals surface area contributed by atoms with Crippen LogP contribution in [0.5, 0.6) is 0 Å². The van der Waals surface area contributed by atoms with Gasteiger partial charge in [-0.05, 0) is 19.8 Å². The maximum atomic E-state index is 12.7. The lowest BCUT2D eigenvalue weighted by Crippen LogP contribution is -2.39. The molecule has 1 N–H and O–H groups in total. The molecule has 2 heterocycles. The molecule has 0 radical (unpaired) electrons. The fraction of sp³-hybridized carbons (Fsp3) is 0.600. The minimum atomic E-state index is -3.86. The number of hydrogen-bond donors (Lipinski definition) is 1. The zero-order chi connectivity index (χ0) is 16.4. The first kappa shape index (κ1) is 16.6. The van der Waals surface area contributed by atoms with Crippen molar-refractivity contribution in [1.82, 2.24) is 14.1 Å². The van der Waals surface area contributed by atoms with Crippen molar-refractivity contribution in [1.29, 1.82) is 0 Å². The summed E-state index contributed by atoms with van der Waals surface area (Å²) in [6, 6.07) is -0.0951. The van der Waals surface area contributed by atoms with E-state index in [0.29, 0.717) is 4.96 Å². The predicted molar refractivity (Wildman–Crippen MR) is 90.5 cm³/mol. The van der Waals surface area contributed by atoms with Gasteiger partial charge in [0.05, 0.1) is 5.69 Å². The maximum Gasteiger partial charge on any atom is 0.279 e. The van der Waals surface area contributed by atoms with Crippen LogP contribution in [0.15, 0.2) is 21.3 Å². The molecule has 0 atom stereocenters. The van der Waals surface area contributed by atoms with E-state index in [1.54, 1.807) is 18.5 Å². The minimum Gasteiger partial charge on any atom is -0.267 e. The summed E-state index contributed by atoms with van der Waals surface area (Å²) in [7, 11) is -3.86. The third kappa shape index (κ3) is 3.49. The Balaban J connectivity index is 1.94. The molecular weight excluding hydrogens is 334 g/mol. The summed E-state index contributed by atoms with van der Waals surface area (Å²) in [6.45, 7) is 1.58. The molecule has 8 heteroatoms. The van der Waals surface area contributed by atoms with E-state index in [4.69, 9.17) is 0 Å². The van der Waals surface area contributed by atoms with Gasteiger partial charge >= 0.3 is 0 Å². The molecule has 0 saturated heterocycles. The van der Waals surface area contributed by atoms with Crippen LogP contribution in [0.4, 0.5) is 0 Å². The largest absolute Gasteiger partial charge is 0.279 e. The number of fused-ring (bicyclic) bond motifs is 1. The molecule has 0 unspecified atom stereocenters. The van der Waals surface area contributed by atoms with Crippen LogP contribution < -0.4 is 10.3 Å². The molecule has 1 aliphatic rings. The summed E-state index contributed by atoms with van der Waals surface area (Å²) in [5.41, 5.74) is -0.261. The van der Waals surface area contributed by atoms with Gasteiger partial charge in [-0.1, -0.05) is 32.1 Å². The molecule has 0 spiro atoms. The molecule has 2 aromatic rings. The third-order valence-electron chi connectivity index (χ3n) is 4.29. The van der Waals surface area contributed by atoms with Gasteiger partial charge < -0.3 is 0 Å². The highest BCUT2D eigenvalue weighted by Gasteiger charge is 2.27. The molecule has 6 nitrogen and oxygen atoms in total. The first-order valence-electron chi connectivity index (χ1n) is 7.98. The van der Waals surface area contributed by atoms with E-state index < -0.39 is 15.6 Å². The van der Waals surface area contributed by atoms with Crippen LogP contribution in [0.2, 0.25) is 0 Å². The van der Waals surface area contributed by atoms with Crippen molar-refractivity contribution in [3.63, 3.8) is 0 Å². The Bertz CT molecular complexity index is 846. The lowest BCUT2D eigenvalue weighted by atomic mass is 9.97. The second-order valence-corrected chi connectivity index (χ2v) is 8.57. The monoisotopic (exact) mass is 355 g/mol. The number of aromatic nitrogens is 2. The normalized spacial score (nSPS) is 18.0. The van der Waals surface area contributed by atoms with Gasteiger partial charge in [0.2, 0.25) is 10.0 Å². The van der Waals surface area contributed by atoms with E-state index in [0.717, 1.165) is 38.5 Å². The van der Waals surface area contributed by atoms with Gasteiger partial charge in [-0.2, -0.15) is 0 Å². The highest BCUT2D eigenvalue weighted by molar-refractivity contribution is 7.89. The standard InChI is InChI=1S/C15H21N3O3S2/c1-11-13(14(19)18-9-10-22-15(18)16-11)23(20,21)17-12-7-5-3-2-4-6-8-12/h9-10,12,17H,2-8H2,1H3. The van der Waals surface area contributed by atoms with Gasteiger partial charge in [-0.15, -0.1) is 11.3 Å². The van der Waals surface area contributed by atoms with Crippen LogP contribution in [0.25, 0.3) is 4.96 Å². The van der Waals surface area contributed by atoms with Gasteiger partial charge in [0.15, 0.2) is 9.86 Å². The molecule has 2 aromatic heterocycles. The topological polar surface area (TPSA) is 80.5 Å². The second kappa shape index (κ2) is 6.70. The predicted octanol–water partition coefficient (Wildman–Crippen LogP) is 2.46. The molecule has 0 amide bonds. The van der Waals surface area contributed by atoms with Crippen LogP contribution in [0.3, 0.4) is 0 Å². The fourth-order valence-electron chi connectivity index (χ4n) is 3.13. The van der Waals surface area contributed by atoms with Crippen LogP contribution in [-0.4, -0.2) is 23.8 Å². The summed E-state index contributed by atoms with van der Waals surface area (Å²) < 4.78 is 29.5. The molecule has 0 aliphatic heterocycles. The summed E-state index contributed by atoms with van der Waals surface area (Å²) >= 11 is 1.31. The lowest BCUT2D eigenvalue weighted by molar-refractivity contribution is 0.426. The molecule has 23 heavy (non-hydrogen) atoms. The Kier molecular flexibility index (Phi) is 4.84. The number of sulfonamides is 1. The van der Waals surface area contributed by atoms with Crippen molar-refractivity contribution in [2.24, 2.45) is 0 Å². The molecule has 0 aromatic carbocycles. The maximum absolute atomic E-state index is 12.7. The van der Waals surface area contributed by atoms with E-state index in [9.17, 15) is 13.2 Å². The lowest BCUT2D eigenvalue weighted by Gasteiger charge is -2.21. The molecule has 3 rings (SSSR count). The van der Waals surface area contributed by atoms with E-state index in [2.05, 4.69) is 9.71 Å².